The van der Waals surface area contributed by atoms with Crippen LogP contribution in [0.25, 0.3) is 0 Å². The first-order chi connectivity index (χ1) is 17.2. The minimum atomic E-state index is -4.28. The summed E-state index contributed by atoms with van der Waals surface area (Å²) in [6.07, 6.45) is 2.30. The Hall–Kier alpha value is -3.76. The van der Waals surface area contributed by atoms with Crippen LogP contribution in [0.5, 0.6) is 0 Å². The van der Waals surface area contributed by atoms with E-state index in [0.29, 0.717) is 24.4 Å². The molecular formula is C25H24ClN3O6S. The number of rotatable bonds is 10. The van der Waals surface area contributed by atoms with E-state index >= 15 is 0 Å². The number of benzene rings is 2. The Morgan fingerprint density at radius 1 is 0.972 bits per heavy atom. The number of ether oxygens (including phenoxy) is 1. The summed E-state index contributed by atoms with van der Waals surface area (Å²) in [4.78, 5) is 40.4. The van der Waals surface area contributed by atoms with Crippen molar-refractivity contribution in [2.45, 2.75) is 24.7 Å². The number of nitrogens with one attached hydrogen (secondary N) is 2. The third-order valence-corrected chi connectivity index (χ3v) is 6.50. The fourth-order valence-electron chi connectivity index (χ4n) is 3.04. The molecule has 0 aliphatic heterocycles. The lowest BCUT2D eigenvalue weighted by Crippen LogP contribution is -2.31. The van der Waals surface area contributed by atoms with Gasteiger partial charge in [0.2, 0.25) is 0 Å². The Morgan fingerprint density at radius 3 is 2.39 bits per heavy atom. The Balaban J connectivity index is 1.62. The molecule has 0 saturated carbocycles. The zero-order valence-corrected chi connectivity index (χ0v) is 20.9. The van der Waals surface area contributed by atoms with E-state index in [0.717, 1.165) is 11.8 Å². The van der Waals surface area contributed by atoms with Gasteiger partial charge in [-0.25, -0.2) is 22.9 Å². The van der Waals surface area contributed by atoms with E-state index in [1.54, 1.807) is 12.1 Å². The maximum atomic E-state index is 12.7. The molecule has 0 unspecified atom stereocenters. The van der Waals surface area contributed by atoms with Crippen LogP contribution in [0.3, 0.4) is 0 Å². The van der Waals surface area contributed by atoms with Crippen LogP contribution < -0.4 is 10.0 Å². The average Bonchev–Trinajstić information content (AvgIpc) is 2.88. The minimum Gasteiger partial charge on any atom is -0.461 e. The van der Waals surface area contributed by atoms with Gasteiger partial charge in [-0.1, -0.05) is 36.7 Å². The van der Waals surface area contributed by atoms with Crippen molar-refractivity contribution in [1.29, 1.82) is 0 Å². The number of pyridine rings is 1. The van der Waals surface area contributed by atoms with Crippen LogP contribution in [0, 0.1) is 0 Å². The highest BCUT2D eigenvalue weighted by molar-refractivity contribution is 7.90. The highest BCUT2D eigenvalue weighted by Gasteiger charge is 2.21. The second-order valence-electron chi connectivity index (χ2n) is 7.66. The molecule has 0 aliphatic carbocycles. The van der Waals surface area contributed by atoms with Crippen molar-refractivity contribution >= 4 is 39.4 Å². The van der Waals surface area contributed by atoms with Gasteiger partial charge in [0.25, 0.3) is 21.8 Å². The molecule has 3 aromatic rings. The number of nitrogens with zero attached hydrogens (tertiary/aromatic N) is 1. The van der Waals surface area contributed by atoms with Crippen LogP contribution in [0.2, 0.25) is 5.02 Å². The van der Waals surface area contributed by atoms with Gasteiger partial charge in [0.05, 0.1) is 17.1 Å². The molecule has 2 N–H and O–H groups in total. The lowest BCUT2D eigenvalue weighted by Gasteiger charge is -2.10. The Kier molecular flexibility index (Phi) is 9.15. The van der Waals surface area contributed by atoms with Crippen molar-refractivity contribution in [3.63, 3.8) is 0 Å². The van der Waals surface area contributed by atoms with E-state index in [2.05, 4.69) is 10.3 Å². The smallest absolute Gasteiger partial charge is 0.356 e. The van der Waals surface area contributed by atoms with Gasteiger partial charge in [0.15, 0.2) is 0 Å². The first kappa shape index (κ1) is 26.8. The number of carbonyl (C=O) groups is 3. The van der Waals surface area contributed by atoms with Crippen molar-refractivity contribution in [2.24, 2.45) is 0 Å². The molecule has 11 heteroatoms. The highest BCUT2D eigenvalue weighted by atomic mass is 35.5. The van der Waals surface area contributed by atoms with Gasteiger partial charge >= 0.3 is 5.97 Å². The van der Waals surface area contributed by atoms with Gasteiger partial charge in [0.1, 0.15) is 5.69 Å². The molecule has 2 aromatic carbocycles. The molecule has 9 nitrogen and oxygen atoms in total. The third kappa shape index (κ3) is 7.37. The molecular weight excluding hydrogens is 506 g/mol. The summed E-state index contributed by atoms with van der Waals surface area (Å²) < 4.78 is 32.4. The minimum absolute atomic E-state index is 0.00219. The molecule has 0 bridgehead atoms. The zero-order valence-electron chi connectivity index (χ0n) is 19.4. The third-order valence-electron chi connectivity index (χ3n) is 4.92. The molecule has 0 spiro atoms. The fourth-order valence-corrected chi connectivity index (χ4v) is 4.18. The van der Waals surface area contributed by atoms with Gasteiger partial charge in [-0.05, 0) is 60.9 Å². The largest absolute Gasteiger partial charge is 0.461 e. The number of hydrogen-bond donors (Lipinski definition) is 2. The summed E-state index contributed by atoms with van der Waals surface area (Å²) in [5.74, 6) is -2.03. The van der Waals surface area contributed by atoms with Crippen LogP contribution in [-0.2, 0) is 21.2 Å². The predicted molar refractivity (Wildman–Crippen MR) is 133 cm³/mol. The van der Waals surface area contributed by atoms with E-state index in [-0.39, 0.29) is 28.3 Å². The first-order valence-corrected chi connectivity index (χ1v) is 12.9. The monoisotopic (exact) mass is 529 g/mol. The van der Waals surface area contributed by atoms with E-state index in [1.165, 1.54) is 36.4 Å². The Morgan fingerprint density at radius 2 is 1.72 bits per heavy atom. The van der Waals surface area contributed by atoms with Gasteiger partial charge in [0, 0.05) is 23.3 Å². The van der Waals surface area contributed by atoms with E-state index in [9.17, 15) is 22.8 Å². The van der Waals surface area contributed by atoms with Crippen molar-refractivity contribution < 1.29 is 27.5 Å². The summed E-state index contributed by atoms with van der Waals surface area (Å²) in [5.41, 5.74) is 1.04. The maximum Gasteiger partial charge on any atom is 0.356 e. The molecule has 0 radical (unpaired) electrons. The first-order valence-electron chi connectivity index (χ1n) is 11.0. The van der Waals surface area contributed by atoms with Crippen molar-refractivity contribution in [1.82, 2.24) is 15.0 Å². The lowest BCUT2D eigenvalue weighted by atomic mass is 10.1. The van der Waals surface area contributed by atoms with Crippen LogP contribution in [-0.4, -0.2) is 44.3 Å². The average molecular weight is 530 g/mol. The van der Waals surface area contributed by atoms with Crippen molar-refractivity contribution in [3.05, 3.63) is 94.3 Å². The molecule has 3 rings (SSSR count). The summed E-state index contributed by atoms with van der Waals surface area (Å²) in [6, 6.07) is 15.1. The molecule has 0 saturated heterocycles. The van der Waals surface area contributed by atoms with Crippen LogP contribution >= 0.6 is 11.6 Å². The number of halogens is 1. The summed E-state index contributed by atoms with van der Waals surface area (Å²) in [7, 11) is -4.28. The lowest BCUT2D eigenvalue weighted by molar-refractivity contribution is 0.0497. The molecule has 188 valence electrons. The van der Waals surface area contributed by atoms with Crippen LogP contribution in [0.4, 0.5) is 0 Å². The van der Waals surface area contributed by atoms with Gasteiger partial charge in [-0.3, -0.25) is 9.59 Å². The van der Waals surface area contributed by atoms with Crippen molar-refractivity contribution in [2.75, 3.05) is 13.2 Å². The highest BCUT2D eigenvalue weighted by Crippen LogP contribution is 2.13. The normalized spacial score (nSPS) is 10.9. The molecule has 2 amide bonds. The Bertz CT molecular complexity index is 1340. The van der Waals surface area contributed by atoms with E-state index in [4.69, 9.17) is 16.3 Å². The zero-order chi connectivity index (χ0) is 26.1. The van der Waals surface area contributed by atoms with E-state index < -0.39 is 27.8 Å². The second-order valence-corrected chi connectivity index (χ2v) is 9.78. The number of aromatic nitrogens is 1. The number of hydrogen-bond acceptors (Lipinski definition) is 7. The quantitative estimate of drug-likeness (QED) is 0.385. The molecule has 36 heavy (non-hydrogen) atoms. The standard InChI is InChI=1S/C25H24ClN3O6S/c1-2-14-35-25(32)22-11-8-19(16-28-22)24(31)29-36(33,34)21-5-3-4-18(15-21)23(30)27-13-12-17-6-9-20(26)10-7-17/h3-11,15-16H,2,12-14H2,1H3,(H,27,30)(H,29,31). The molecule has 0 fully saturated rings. The molecule has 1 aromatic heterocycles. The molecule has 1 heterocycles. The van der Waals surface area contributed by atoms with E-state index in [1.807, 2.05) is 23.8 Å². The number of sulfonamides is 1. The summed E-state index contributed by atoms with van der Waals surface area (Å²) in [5, 5.41) is 3.35. The number of amides is 2. The van der Waals surface area contributed by atoms with Crippen LogP contribution in [0.15, 0.2) is 71.8 Å². The molecule has 0 atom stereocenters. The number of esters is 1. The summed E-state index contributed by atoms with van der Waals surface area (Å²) in [6.45, 7) is 2.42. The van der Waals surface area contributed by atoms with Gasteiger partial charge < -0.3 is 10.1 Å². The number of carbonyl (C=O) groups excluding carboxylic acids is 3. The Labute approximate surface area is 213 Å². The van der Waals surface area contributed by atoms with Crippen molar-refractivity contribution in [3.8, 4) is 0 Å². The summed E-state index contributed by atoms with van der Waals surface area (Å²) >= 11 is 5.86. The van der Waals surface area contributed by atoms with Gasteiger partial charge in [-0.2, -0.15) is 0 Å². The second kappa shape index (κ2) is 12.3. The fraction of sp³-hybridized carbons (Fsp3) is 0.200. The topological polar surface area (TPSA) is 132 Å². The SMILES string of the molecule is CCCOC(=O)c1ccc(C(=O)NS(=O)(=O)c2cccc(C(=O)NCCc3ccc(Cl)cc3)c2)cn1. The van der Waals surface area contributed by atoms with Gasteiger partial charge in [-0.15, -0.1) is 0 Å². The van der Waals surface area contributed by atoms with Crippen LogP contribution in [0.1, 0.15) is 50.1 Å². The maximum absolute atomic E-state index is 12.7. The predicted octanol–water partition coefficient (Wildman–Crippen LogP) is 3.39. The molecule has 0 aliphatic rings.